The van der Waals surface area contributed by atoms with Crippen molar-refractivity contribution in [2.75, 3.05) is 19.8 Å². The summed E-state index contributed by atoms with van der Waals surface area (Å²) < 4.78 is 14.2. The molecule has 0 aliphatic rings. The van der Waals surface area contributed by atoms with Crippen LogP contribution in [0, 0.1) is 0 Å². The first-order valence-corrected chi connectivity index (χ1v) is 15.5. The normalized spacial score (nSPS) is 11.4. The average molecular weight is 540 g/mol. The summed E-state index contributed by atoms with van der Waals surface area (Å²) in [6, 6.07) is 10.2. The molecule has 2 aromatic rings. The molecule has 1 N–H and O–H groups in total. The molecule has 39 heavy (non-hydrogen) atoms. The zero-order valence-electron chi connectivity index (χ0n) is 25.5. The van der Waals surface area contributed by atoms with Crippen molar-refractivity contribution in [1.82, 2.24) is 5.32 Å². The van der Waals surface area contributed by atoms with Crippen LogP contribution in [0.5, 0.6) is 11.5 Å². The van der Waals surface area contributed by atoms with Crippen molar-refractivity contribution in [3.63, 3.8) is 0 Å². The third-order valence-electron chi connectivity index (χ3n) is 7.06. The lowest BCUT2D eigenvalue weighted by molar-refractivity contribution is -0.697. The minimum atomic E-state index is -0.106. The summed E-state index contributed by atoms with van der Waals surface area (Å²) in [6.45, 7) is 13.3. The van der Waals surface area contributed by atoms with Crippen molar-refractivity contribution >= 4 is 5.91 Å². The van der Waals surface area contributed by atoms with Crippen molar-refractivity contribution in [2.24, 2.45) is 0 Å². The lowest BCUT2D eigenvalue weighted by Crippen LogP contribution is -2.33. The molecule has 0 aliphatic carbocycles. The fourth-order valence-electron chi connectivity index (χ4n) is 4.69. The highest BCUT2D eigenvalue weighted by atomic mass is 16.5. The first-order chi connectivity index (χ1) is 18.8. The van der Waals surface area contributed by atoms with Crippen molar-refractivity contribution in [3.8, 4) is 11.5 Å². The standard InChI is InChI=1S/C34H54N2O3/c1-6-8-9-10-11-12-13-14-15-16-26-38-32-18-17-30(27-31(32)34(3,4)5)39-28-33(37)35-22-19-29-20-24-36(23-7-2)25-21-29/h17-18,20-21,24-25,27H,6-16,19,22-23,26,28H2,1-5H3/p+1. The Morgan fingerprint density at radius 2 is 1.46 bits per heavy atom. The first-order valence-electron chi connectivity index (χ1n) is 15.5. The fourth-order valence-corrected chi connectivity index (χ4v) is 4.69. The quantitative estimate of drug-likeness (QED) is 0.138. The molecule has 5 heteroatoms. The number of amides is 1. The van der Waals surface area contributed by atoms with E-state index in [1.807, 2.05) is 18.2 Å². The highest BCUT2D eigenvalue weighted by molar-refractivity contribution is 5.77. The van der Waals surface area contributed by atoms with Crippen LogP contribution in [0.1, 0.15) is 116 Å². The average Bonchev–Trinajstić information content (AvgIpc) is 2.91. The Labute approximate surface area is 238 Å². The number of pyridine rings is 1. The summed E-state index contributed by atoms with van der Waals surface area (Å²) in [7, 11) is 0. The van der Waals surface area contributed by atoms with E-state index in [4.69, 9.17) is 9.47 Å². The Morgan fingerprint density at radius 3 is 2.08 bits per heavy atom. The molecule has 0 atom stereocenters. The zero-order chi connectivity index (χ0) is 28.3. The van der Waals surface area contributed by atoms with Gasteiger partial charge in [0.15, 0.2) is 19.0 Å². The number of carbonyl (C=O) groups excluding carboxylic acids is 1. The van der Waals surface area contributed by atoms with Gasteiger partial charge in [0.2, 0.25) is 0 Å². The molecule has 2 rings (SSSR count). The summed E-state index contributed by atoms with van der Waals surface area (Å²) in [5.41, 5.74) is 2.24. The van der Waals surface area contributed by atoms with Gasteiger partial charge in [0.05, 0.1) is 6.61 Å². The van der Waals surface area contributed by atoms with Crippen LogP contribution < -0.4 is 19.4 Å². The van der Waals surface area contributed by atoms with E-state index < -0.39 is 0 Å². The molecular formula is C34H55N2O3+. The number of unbranched alkanes of at least 4 members (excludes halogenated alkanes) is 9. The van der Waals surface area contributed by atoms with Crippen molar-refractivity contribution in [3.05, 3.63) is 53.9 Å². The van der Waals surface area contributed by atoms with E-state index in [2.05, 4.69) is 69.0 Å². The van der Waals surface area contributed by atoms with Gasteiger partial charge in [-0.05, 0) is 42.0 Å². The molecule has 0 saturated carbocycles. The van der Waals surface area contributed by atoms with E-state index in [1.165, 1.54) is 63.4 Å². The van der Waals surface area contributed by atoms with Gasteiger partial charge in [-0.1, -0.05) is 92.4 Å². The van der Waals surface area contributed by atoms with E-state index in [-0.39, 0.29) is 17.9 Å². The maximum Gasteiger partial charge on any atom is 0.257 e. The van der Waals surface area contributed by atoms with Gasteiger partial charge in [-0.25, -0.2) is 4.57 Å². The SMILES string of the molecule is CCCCCCCCCCCCOc1ccc(OCC(=O)NCCc2cc[n+](CCC)cc2)cc1C(C)(C)C. The largest absolute Gasteiger partial charge is 0.493 e. The second kappa shape index (κ2) is 18.7. The van der Waals surface area contributed by atoms with E-state index in [0.717, 1.165) is 43.7 Å². The van der Waals surface area contributed by atoms with Crippen molar-refractivity contribution in [1.29, 1.82) is 0 Å². The van der Waals surface area contributed by atoms with Gasteiger partial charge < -0.3 is 14.8 Å². The molecule has 0 unspecified atom stereocenters. The summed E-state index contributed by atoms with van der Waals surface area (Å²) in [6.07, 6.45) is 19.3. The van der Waals surface area contributed by atoms with Crippen LogP contribution in [-0.2, 0) is 23.2 Å². The minimum absolute atomic E-state index is 0.00762. The number of carbonyl (C=O) groups is 1. The minimum Gasteiger partial charge on any atom is -0.493 e. The number of aromatic nitrogens is 1. The number of benzene rings is 1. The number of nitrogens with zero attached hydrogens (tertiary/aromatic N) is 1. The van der Waals surface area contributed by atoms with Gasteiger partial charge in [0.25, 0.3) is 5.91 Å². The van der Waals surface area contributed by atoms with Crippen LogP contribution in [0.3, 0.4) is 0 Å². The molecule has 0 spiro atoms. The van der Waals surface area contributed by atoms with Crippen LogP contribution in [0.15, 0.2) is 42.7 Å². The topological polar surface area (TPSA) is 51.4 Å². The molecule has 1 amide bonds. The highest BCUT2D eigenvalue weighted by Crippen LogP contribution is 2.34. The molecule has 218 valence electrons. The van der Waals surface area contributed by atoms with Crippen LogP contribution in [0.4, 0.5) is 0 Å². The zero-order valence-corrected chi connectivity index (χ0v) is 25.5. The molecule has 0 aliphatic heterocycles. The van der Waals surface area contributed by atoms with Crippen LogP contribution >= 0.6 is 0 Å². The molecule has 0 saturated heterocycles. The number of nitrogens with one attached hydrogen (secondary N) is 1. The van der Waals surface area contributed by atoms with Gasteiger partial charge in [-0.2, -0.15) is 0 Å². The van der Waals surface area contributed by atoms with Crippen LogP contribution in [-0.4, -0.2) is 25.7 Å². The third kappa shape index (κ3) is 13.9. The second-order valence-corrected chi connectivity index (χ2v) is 11.8. The lowest BCUT2D eigenvalue weighted by atomic mass is 9.86. The van der Waals surface area contributed by atoms with Gasteiger partial charge in [0, 0.05) is 30.7 Å². The van der Waals surface area contributed by atoms with E-state index in [1.54, 1.807) is 0 Å². The maximum absolute atomic E-state index is 12.4. The number of hydrogen-bond donors (Lipinski definition) is 1. The molecule has 1 aromatic carbocycles. The maximum atomic E-state index is 12.4. The van der Waals surface area contributed by atoms with E-state index in [9.17, 15) is 4.79 Å². The monoisotopic (exact) mass is 539 g/mol. The van der Waals surface area contributed by atoms with E-state index in [0.29, 0.717) is 12.3 Å². The smallest absolute Gasteiger partial charge is 0.257 e. The van der Waals surface area contributed by atoms with Crippen molar-refractivity contribution < 1.29 is 18.8 Å². The fraction of sp³-hybridized carbons (Fsp3) is 0.647. The van der Waals surface area contributed by atoms with Gasteiger partial charge in [-0.3, -0.25) is 4.79 Å². The van der Waals surface area contributed by atoms with Crippen molar-refractivity contribution in [2.45, 2.75) is 124 Å². The summed E-state index contributed by atoms with van der Waals surface area (Å²) >= 11 is 0. The molecule has 0 fully saturated rings. The molecule has 5 nitrogen and oxygen atoms in total. The van der Waals surface area contributed by atoms with Crippen LogP contribution in [0.25, 0.3) is 0 Å². The number of hydrogen-bond acceptors (Lipinski definition) is 3. The molecule has 1 aromatic heterocycles. The highest BCUT2D eigenvalue weighted by Gasteiger charge is 2.20. The Hall–Kier alpha value is -2.56. The molecule has 1 heterocycles. The first kappa shape index (κ1) is 32.7. The van der Waals surface area contributed by atoms with Gasteiger partial charge in [-0.15, -0.1) is 0 Å². The van der Waals surface area contributed by atoms with Crippen LogP contribution in [0.2, 0.25) is 0 Å². The second-order valence-electron chi connectivity index (χ2n) is 11.8. The predicted octanol–water partition coefficient (Wildman–Crippen LogP) is 7.72. The number of rotatable bonds is 20. The Bertz CT molecular complexity index is 934. The van der Waals surface area contributed by atoms with Gasteiger partial charge >= 0.3 is 0 Å². The summed E-state index contributed by atoms with van der Waals surface area (Å²) in [5.74, 6) is 1.51. The molecule has 0 radical (unpaired) electrons. The van der Waals surface area contributed by atoms with E-state index >= 15 is 0 Å². The molecular weight excluding hydrogens is 484 g/mol. The number of aryl methyl sites for hydroxylation is 1. The Morgan fingerprint density at radius 1 is 0.821 bits per heavy atom. The summed E-state index contributed by atoms with van der Waals surface area (Å²) in [5, 5.41) is 2.97. The summed E-state index contributed by atoms with van der Waals surface area (Å²) in [4.78, 5) is 12.4. The molecule has 0 bridgehead atoms. The number of ether oxygens (including phenoxy) is 2. The lowest BCUT2D eigenvalue weighted by Gasteiger charge is -2.24. The predicted molar refractivity (Wildman–Crippen MR) is 162 cm³/mol. The Balaban J connectivity index is 1.70. The Kier molecular flexibility index (Phi) is 15.6. The third-order valence-corrected chi connectivity index (χ3v) is 7.06. The van der Waals surface area contributed by atoms with Gasteiger partial charge in [0.1, 0.15) is 18.0 Å².